The van der Waals surface area contributed by atoms with Crippen LogP contribution in [0.3, 0.4) is 0 Å². The van der Waals surface area contributed by atoms with E-state index in [-0.39, 0.29) is 0 Å². The number of hydrogen-bond acceptors (Lipinski definition) is 5. The molecule has 3 rings (SSSR count). The average Bonchev–Trinajstić information content (AvgIpc) is 2.77. The van der Waals surface area contributed by atoms with E-state index in [0.29, 0.717) is 17.9 Å². The molecule has 0 aliphatic carbocycles. The molecule has 0 radical (unpaired) electrons. The van der Waals surface area contributed by atoms with E-state index in [1.807, 2.05) is 54.6 Å². The topological polar surface area (TPSA) is 61.8 Å². The van der Waals surface area contributed by atoms with Crippen molar-refractivity contribution in [1.29, 1.82) is 0 Å². The lowest BCUT2D eigenvalue weighted by Crippen LogP contribution is -2.05. The van der Waals surface area contributed by atoms with Crippen LogP contribution in [-0.4, -0.2) is 19.0 Å². The second kappa shape index (κ2) is 9.90. The zero-order valence-electron chi connectivity index (χ0n) is 15.9. The summed E-state index contributed by atoms with van der Waals surface area (Å²) >= 11 is 0. The Labute approximate surface area is 169 Å². The summed E-state index contributed by atoms with van der Waals surface area (Å²) in [5, 5.41) is 0. The Bertz CT molecular complexity index is 974. The van der Waals surface area contributed by atoms with Gasteiger partial charge in [-0.25, -0.2) is 9.59 Å². The molecule has 0 fully saturated rings. The smallest absolute Gasteiger partial charge is 0.337 e. The van der Waals surface area contributed by atoms with Crippen LogP contribution in [0.4, 0.5) is 0 Å². The van der Waals surface area contributed by atoms with Crippen LogP contribution in [0, 0.1) is 0 Å². The largest absolute Gasteiger partial charge is 0.489 e. The zero-order chi connectivity index (χ0) is 20.5. The Morgan fingerprint density at radius 1 is 0.828 bits per heavy atom. The molecule has 3 aromatic rings. The Kier molecular flexibility index (Phi) is 6.79. The Morgan fingerprint density at radius 3 is 2.14 bits per heavy atom. The van der Waals surface area contributed by atoms with Gasteiger partial charge in [0.05, 0.1) is 12.7 Å². The fourth-order valence-corrected chi connectivity index (χ4v) is 2.51. The molecule has 146 valence electrons. The monoisotopic (exact) mass is 388 g/mol. The van der Waals surface area contributed by atoms with Gasteiger partial charge in [-0.2, -0.15) is 0 Å². The van der Waals surface area contributed by atoms with E-state index in [1.165, 1.54) is 37.5 Å². The van der Waals surface area contributed by atoms with Crippen LogP contribution in [-0.2, 0) is 16.1 Å². The molecule has 0 heterocycles. The summed E-state index contributed by atoms with van der Waals surface area (Å²) in [6.07, 6.45) is 3.00. The highest BCUT2D eigenvalue weighted by Crippen LogP contribution is 2.16. The van der Waals surface area contributed by atoms with E-state index in [1.54, 1.807) is 6.08 Å². The molecular weight excluding hydrogens is 368 g/mol. The molecule has 5 nitrogen and oxygen atoms in total. The molecule has 3 aromatic carbocycles. The fraction of sp³-hybridized carbons (Fsp3) is 0.0833. The summed E-state index contributed by atoms with van der Waals surface area (Å²) in [7, 11) is 1.31. The second-order valence-electron chi connectivity index (χ2n) is 6.11. The Morgan fingerprint density at radius 2 is 1.48 bits per heavy atom. The lowest BCUT2D eigenvalue weighted by atomic mass is 10.2. The van der Waals surface area contributed by atoms with Crippen molar-refractivity contribution in [2.75, 3.05) is 7.11 Å². The number of carbonyl (C=O) groups is 2. The van der Waals surface area contributed by atoms with Gasteiger partial charge < -0.3 is 14.2 Å². The first kappa shape index (κ1) is 19.9. The van der Waals surface area contributed by atoms with Crippen LogP contribution in [0.2, 0.25) is 0 Å². The first-order chi connectivity index (χ1) is 14.1. The molecule has 0 spiro atoms. The maximum atomic E-state index is 12.0. The molecule has 0 saturated heterocycles. The average molecular weight is 388 g/mol. The molecule has 0 aromatic heterocycles. The first-order valence-electron chi connectivity index (χ1n) is 8.99. The zero-order valence-corrected chi connectivity index (χ0v) is 15.9. The van der Waals surface area contributed by atoms with Gasteiger partial charge in [-0.3, -0.25) is 0 Å². The van der Waals surface area contributed by atoms with Crippen molar-refractivity contribution < 1.29 is 23.8 Å². The van der Waals surface area contributed by atoms with Gasteiger partial charge in [0.25, 0.3) is 0 Å². The van der Waals surface area contributed by atoms with Gasteiger partial charge in [0, 0.05) is 6.08 Å². The highest BCUT2D eigenvalue weighted by molar-refractivity contribution is 5.90. The third-order valence-electron chi connectivity index (χ3n) is 4.03. The third-order valence-corrected chi connectivity index (χ3v) is 4.03. The second-order valence-corrected chi connectivity index (χ2v) is 6.11. The standard InChI is InChI=1S/C24H20O5/c1-27-24(26)20-10-14-22(15-11-20)29-23(25)16-9-18-7-12-21(13-8-18)28-17-19-5-3-2-4-6-19/h2-16H,17H2,1H3/b16-9+. The van der Waals surface area contributed by atoms with Crippen molar-refractivity contribution in [1.82, 2.24) is 0 Å². The fourth-order valence-electron chi connectivity index (χ4n) is 2.51. The van der Waals surface area contributed by atoms with Crippen molar-refractivity contribution in [2.24, 2.45) is 0 Å². The highest BCUT2D eigenvalue weighted by atomic mass is 16.5. The van der Waals surface area contributed by atoms with Gasteiger partial charge in [0.15, 0.2) is 0 Å². The molecule has 0 bridgehead atoms. The molecule has 0 unspecified atom stereocenters. The van der Waals surface area contributed by atoms with Gasteiger partial charge in [0.1, 0.15) is 18.1 Å². The number of esters is 2. The first-order valence-corrected chi connectivity index (χ1v) is 8.99. The number of benzene rings is 3. The molecular formula is C24H20O5. The van der Waals surface area contributed by atoms with E-state index in [0.717, 1.165) is 16.9 Å². The molecule has 0 N–H and O–H groups in total. The lowest BCUT2D eigenvalue weighted by Gasteiger charge is -2.06. The van der Waals surface area contributed by atoms with Crippen molar-refractivity contribution >= 4 is 18.0 Å². The van der Waals surface area contributed by atoms with Crippen molar-refractivity contribution in [2.45, 2.75) is 6.61 Å². The predicted octanol–water partition coefficient (Wildman–Crippen LogP) is 4.67. The van der Waals surface area contributed by atoms with Crippen molar-refractivity contribution in [3.8, 4) is 11.5 Å². The lowest BCUT2D eigenvalue weighted by molar-refractivity contribution is -0.128. The van der Waals surface area contributed by atoms with E-state index in [4.69, 9.17) is 9.47 Å². The van der Waals surface area contributed by atoms with Gasteiger partial charge in [-0.1, -0.05) is 42.5 Å². The summed E-state index contributed by atoms with van der Waals surface area (Å²) in [4.78, 5) is 23.4. The van der Waals surface area contributed by atoms with Crippen LogP contribution >= 0.6 is 0 Å². The molecule has 0 aliphatic heterocycles. The summed E-state index contributed by atoms with van der Waals surface area (Å²) in [5.41, 5.74) is 2.33. The van der Waals surface area contributed by atoms with Crippen molar-refractivity contribution in [3.05, 3.63) is 102 Å². The van der Waals surface area contributed by atoms with Crippen LogP contribution in [0.5, 0.6) is 11.5 Å². The number of ether oxygens (including phenoxy) is 3. The molecule has 0 atom stereocenters. The SMILES string of the molecule is COC(=O)c1ccc(OC(=O)/C=C/c2ccc(OCc3ccccc3)cc2)cc1. The number of methoxy groups -OCH3 is 1. The molecule has 0 amide bonds. The minimum atomic E-state index is -0.514. The van der Waals surface area contributed by atoms with E-state index < -0.39 is 11.9 Å². The number of carbonyl (C=O) groups excluding carboxylic acids is 2. The maximum Gasteiger partial charge on any atom is 0.337 e. The van der Waals surface area contributed by atoms with Gasteiger partial charge >= 0.3 is 11.9 Å². The molecule has 0 saturated carbocycles. The maximum absolute atomic E-state index is 12.0. The summed E-state index contributed by atoms with van der Waals surface area (Å²) in [6.45, 7) is 0.497. The van der Waals surface area contributed by atoms with Crippen LogP contribution in [0.1, 0.15) is 21.5 Å². The number of hydrogen-bond donors (Lipinski definition) is 0. The highest BCUT2D eigenvalue weighted by Gasteiger charge is 2.06. The molecule has 29 heavy (non-hydrogen) atoms. The van der Waals surface area contributed by atoms with Gasteiger partial charge in [-0.05, 0) is 53.6 Å². The summed E-state index contributed by atoms with van der Waals surface area (Å²) in [6, 6.07) is 23.5. The quantitative estimate of drug-likeness (QED) is 0.334. The van der Waals surface area contributed by atoms with Crippen LogP contribution in [0.25, 0.3) is 6.08 Å². The Balaban J connectivity index is 1.51. The van der Waals surface area contributed by atoms with Crippen LogP contribution in [0.15, 0.2) is 84.9 Å². The molecule has 5 heteroatoms. The predicted molar refractivity (Wildman–Crippen MR) is 110 cm³/mol. The summed E-state index contributed by atoms with van der Waals surface area (Å²) < 4.78 is 15.6. The van der Waals surface area contributed by atoms with Crippen LogP contribution < -0.4 is 9.47 Å². The van der Waals surface area contributed by atoms with Gasteiger partial charge in [0.2, 0.25) is 0 Å². The van der Waals surface area contributed by atoms with Gasteiger partial charge in [-0.15, -0.1) is 0 Å². The minimum Gasteiger partial charge on any atom is -0.489 e. The van der Waals surface area contributed by atoms with E-state index in [9.17, 15) is 9.59 Å². The molecule has 0 aliphatic rings. The minimum absolute atomic E-state index is 0.344. The number of rotatable bonds is 7. The summed E-state index contributed by atoms with van der Waals surface area (Å²) in [5.74, 6) is 0.135. The van der Waals surface area contributed by atoms with E-state index >= 15 is 0 Å². The normalized spacial score (nSPS) is 10.5. The van der Waals surface area contributed by atoms with Crippen molar-refractivity contribution in [3.63, 3.8) is 0 Å². The Hall–Kier alpha value is -3.86. The van der Waals surface area contributed by atoms with E-state index in [2.05, 4.69) is 4.74 Å². The third kappa shape index (κ3) is 6.07.